The minimum atomic E-state index is -0.428. The van der Waals surface area contributed by atoms with Gasteiger partial charge in [-0.25, -0.2) is 14.4 Å². The molecule has 3 aromatic rings. The Hall–Kier alpha value is -3.22. The average molecular weight is 405 g/mol. The minimum absolute atomic E-state index is 0.0701. The van der Waals surface area contributed by atoms with Crippen molar-refractivity contribution in [2.75, 3.05) is 24.5 Å². The van der Waals surface area contributed by atoms with Crippen LogP contribution < -0.4 is 4.90 Å². The van der Waals surface area contributed by atoms with Crippen molar-refractivity contribution in [2.24, 2.45) is 7.05 Å². The number of fused-ring (bicyclic) bond motifs is 2. The lowest BCUT2D eigenvalue weighted by Crippen LogP contribution is -2.53. The molecule has 4 heterocycles. The molecule has 0 bridgehead atoms. The molecule has 1 fully saturated rings. The highest BCUT2D eigenvalue weighted by molar-refractivity contribution is 5.93. The van der Waals surface area contributed by atoms with Crippen LogP contribution in [0.25, 0.3) is 0 Å². The predicted molar refractivity (Wildman–Crippen MR) is 112 cm³/mol. The molecule has 30 heavy (non-hydrogen) atoms. The van der Waals surface area contributed by atoms with Crippen molar-refractivity contribution in [3.63, 3.8) is 0 Å². The zero-order valence-electron chi connectivity index (χ0n) is 17.0. The first kappa shape index (κ1) is 18.8. The average Bonchev–Trinajstić information content (AvgIpc) is 3.20. The van der Waals surface area contributed by atoms with Crippen LogP contribution in [0.1, 0.15) is 34.5 Å². The van der Waals surface area contributed by atoms with Gasteiger partial charge in [-0.05, 0) is 36.1 Å². The molecule has 154 valence electrons. The topological polar surface area (TPSA) is 54.3 Å². The maximum absolute atomic E-state index is 13.3. The van der Waals surface area contributed by atoms with Crippen molar-refractivity contribution in [1.82, 2.24) is 19.4 Å². The van der Waals surface area contributed by atoms with E-state index in [1.54, 1.807) is 0 Å². The fraction of sp³-hybridized carbons (Fsp3) is 0.348. The summed E-state index contributed by atoms with van der Waals surface area (Å²) in [5, 5.41) is 0. The van der Waals surface area contributed by atoms with Gasteiger partial charge in [-0.1, -0.05) is 24.3 Å². The third-order valence-corrected chi connectivity index (χ3v) is 6.50. The van der Waals surface area contributed by atoms with E-state index < -0.39 is 5.82 Å². The Bertz CT molecular complexity index is 1070. The van der Waals surface area contributed by atoms with Crippen LogP contribution in [0.15, 0.2) is 55.0 Å². The lowest BCUT2D eigenvalue weighted by molar-refractivity contribution is 0.0638. The summed E-state index contributed by atoms with van der Waals surface area (Å²) in [6.45, 7) is 2.87. The second-order valence-corrected chi connectivity index (χ2v) is 8.29. The summed E-state index contributed by atoms with van der Waals surface area (Å²) in [4.78, 5) is 25.6. The van der Waals surface area contributed by atoms with E-state index in [0.717, 1.165) is 25.9 Å². The first-order valence-corrected chi connectivity index (χ1v) is 10.3. The second-order valence-electron chi connectivity index (χ2n) is 8.29. The number of amides is 1. The molecule has 1 amide bonds. The van der Waals surface area contributed by atoms with Gasteiger partial charge in [0.05, 0.1) is 12.4 Å². The van der Waals surface area contributed by atoms with Crippen molar-refractivity contribution in [3.05, 3.63) is 77.6 Å². The van der Waals surface area contributed by atoms with E-state index >= 15 is 0 Å². The molecule has 1 spiro atoms. The largest absolute Gasteiger partial charge is 0.347 e. The van der Waals surface area contributed by atoms with E-state index in [2.05, 4.69) is 33.1 Å². The maximum Gasteiger partial charge on any atom is 0.270 e. The Morgan fingerprint density at radius 2 is 1.80 bits per heavy atom. The van der Waals surface area contributed by atoms with Crippen molar-refractivity contribution >= 4 is 11.9 Å². The Balaban J connectivity index is 1.43. The number of hydrogen-bond donors (Lipinski definition) is 0. The number of rotatable bonds is 2. The Morgan fingerprint density at radius 3 is 2.50 bits per heavy atom. The molecule has 2 aromatic heterocycles. The maximum atomic E-state index is 13.3. The van der Waals surface area contributed by atoms with E-state index in [-0.39, 0.29) is 11.3 Å². The van der Waals surface area contributed by atoms with Crippen LogP contribution in [0.5, 0.6) is 0 Å². The van der Waals surface area contributed by atoms with Crippen molar-refractivity contribution in [2.45, 2.75) is 24.8 Å². The Labute approximate surface area is 175 Å². The van der Waals surface area contributed by atoms with E-state index in [9.17, 15) is 9.18 Å². The third kappa shape index (κ3) is 3.14. The van der Waals surface area contributed by atoms with Crippen LogP contribution >= 0.6 is 0 Å². The number of halogens is 1. The Kier molecular flexibility index (Phi) is 4.53. The van der Waals surface area contributed by atoms with Gasteiger partial charge in [-0.15, -0.1) is 0 Å². The molecule has 1 saturated heterocycles. The summed E-state index contributed by atoms with van der Waals surface area (Å²) in [5.74, 6) is 0.205. The smallest absolute Gasteiger partial charge is 0.270 e. The number of aromatic nitrogens is 3. The summed E-state index contributed by atoms with van der Waals surface area (Å²) in [6, 6.07) is 12.3. The van der Waals surface area contributed by atoms with Gasteiger partial charge in [0.1, 0.15) is 5.69 Å². The number of anilines is 1. The standard InChI is InChI=1S/C23H24FN5O/c1-27-10-4-7-20(27)21(30)29-15-17-5-2-3-6-19(17)23(16-29)8-11-28(12-9-23)22-25-13-18(24)14-26-22/h2-7,10,13-14H,8-9,11-12,15-16H2,1H3. The summed E-state index contributed by atoms with van der Waals surface area (Å²) in [7, 11) is 1.90. The summed E-state index contributed by atoms with van der Waals surface area (Å²) in [5.41, 5.74) is 3.19. The molecule has 2 aliphatic heterocycles. The molecule has 1 aromatic carbocycles. The van der Waals surface area contributed by atoms with Crippen LogP contribution in [-0.4, -0.2) is 45.0 Å². The zero-order chi connectivity index (χ0) is 20.7. The van der Waals surface area contributed by atoms with Crippen LogP contribution in [0, 0.1) is 5.82 Å². The first-order valence-electron chi connectivity index (χ1n) is 10.3. The number of benzene rings is 1. The molecule has 0 saturated carbocycles. The molecule has 2 aliphatic rings. The summed E-state index contributed by atoms with van der Waals surface area (Å²) < 4.78 is 15.1. The monoisotopic (exact) mass is 405 g/mol. The normalized spacial score (nSPS) is 17.8. The van der Waals surface area contributed by atoms with Crippen LogP contribution in [-0.2, 0) is 19.0 Å². The molecular formula is C23H24FN5O. The predicted octanol–water partition coefficient (Wildman–Crippen LogP) is 3.15. The van der Waals surface area contributed by atoms with E-state index in [0.29, 0.717) is 24.7 Å². The summed E-state index contributed by atoms with van der Waals surface area (Å²) >= 11 is 0. The van der Waals surface area contributed by atoms with Crippen LogP contribution in [0.3, 0.4) is 0 Å². The van der Waals surface area contributed by atoms with Gasteiger partial charge < -0.3 is 14.4 Å². The quantitative estimate of drug-likeness (QED) is 0.657. The van der Waals surface area contributed by atoms with Crippen LogP contribution in [0.4, 0.5) is 10.3 Å². The molecule has 6 nitrogen and oxygen atoms in total. The zero-order valence-corrected chi connectivity index (χ0v) is 17.0. The highest BCUT2D eigenvalue weighted by atomic mass is 19.1. The SMILES string of the molecule is Cn1cccc1C(=O)N1Cc2ccccc2C2(CCN(c3ncc(F)cn3)CC2)C1. The highest BCUT2D eigenvalue weighted by Gasteiger charge is 2.43. The van der Waals surface area contributed by atoms with Crippen molar-refractivity contribution in [3.8, 4) is 0 Å². The van der Waals surface area contributed by atoms with Gasteiger partial charge in [-0.3, -0.25) is 4.79 Å². The molecule has 7 heteroatoms. The van der Waals surface area contributed by atoms with Gasteiger partial charge in [0.2, 0.25) is 5.95 Å². The molecule has 0 atom stereocenters. The molecule has 0 N–H and O–H groups in total. The van der Waals surface area contributed by atoms with E-state index in [1.807, 2.05) is 40.9 Å². The fourth-order valence-electron chi connectivity index (χ4n) is 4.91. The minimum Gasteiger partial charge on any atom is -0.347 e. The van der Waals surface area contributed by atoms with Crippen molar-refractivity contribution in [1.29, 1.82) is 0 Å². The first-order chi connectivity index (χ1) is 14.6. The lowest BCUT2D eigenvalue weighted by atomic mass is 9.69. The number of carbonyl (C=O) groups excluding carboxylic acids is 1. The van der Waals surface area contributed by atoms with Gasteiger partial charge in [-0.2, -0.15) is 0 Å². The third-order valence-electron chi connectivity index (χ3n) is 6.50. The lowest BCUT2D eigenvalue weighted by Gasteiger charge is -2.48. The van der Waals surface area contributed by atoms with Gasteiger partial charge >= 0.3 is 0 Å². The number of hydrogen-bond acceptors (Lipinski definition) is 4. The molecule has 0 aliphatic carbocycles. The fourth-order valence-corrected chi connectivity index (χ4v) is 4.91. The molecule has 0 unspecified atom stereocenters. The van der Waals surface area contributed by atoms with Gasteiger partial charge in [0, 0.05) is 44.8 Å². The number of nitrogens with zero attached hydrogens (tertiary/aromatic N) is 5. The second kappa shape index (κ2) is 7.23. The van der Waals surface area contributed by atoms with Crippen molar-refractivity contribution < 1.29 is 9.18 Å². The van der Waals surface area contributed by atoms with E-state index in [1.165, 1.54) is 23.5 Å². The van der Waals surface area contributed by atoms with E-state index in [4.69, 9.17) is 0 Å². The number of aryl methyl sites for hydroxylation is 1. The number of carbonyl (C=O) groups is 1. The number of piperidine rings is 1. The highest BCUT2D eigenvalue weighted by Crippen LogP contribution is 2.42. The molecule has 0 radical (unpaired) electrons. The summed E-state index contributed by atoms with van der Waals surface area (Å²) in [6.07, 6.45) is 6.11. The van der Waals surface area contributed by atoms with Gasteiger partial charge in [0.25, 0.3) is 5.91 Å². The van der Waals surface area contributed by atoms with Gasteiger partial charge in [0.15, 0.2) is 5.82 Å². The van der Waals surface area contributed by atoms with Crippen LogP contribution in [0.2, 0.25) is 0 Å². The molecular weight excluding hydrogens is 381 g/mol. The molecule has 5 rings (SSSR count). The Morgan fingerprint density at radius 1 is 1.07 bits per heavy atom.